The second-order valence-electron chi connectivity index (χ2n) is 8.63. The SMILES string of the molecule is COc1ccc2c(Cc3ccccc3C)c3[n+](cc2c1OC)CCc1cc2c(cc1-3)OCO2.[Cl-]. The molecule has 174 valence electrons. The van der Waals surface area contributed by atoms with Crippen LogP contribution in [0.1, 0.15) is 22.3 Å². The van der Waals surface area contributed by atoms with Crippen molar-refractivity contribution in [1.82, 2.24) is 0 Å². The molecule has 0 radical (unpaired) electrons. The number of pyridine rings is 1. The number of methoxy groups -OCH3 is 2. The molecule has 34 heavy (non-hydrogen) atoms. The summed E-state index contributed by atoms with van der Waals surface area (Å²) >= 11 is 0. The van der Waals surface area contributed by atoms with Crippen LogP contribution in [0.4, 0.5) is 0 Å². The number of nitrogens with zero attached hydrogens (tertiary/aromatic N) is 1. The molecule has 2 aliphatic rings. The Morgan fingerprint density at radius 1 is 0.941 bits per heavy atom. The summed E-state index contributed by atoms with van der Waals surface area (Å²) in [6.07, 6.45) is 3.97. The smallest absolute Gasteiger partial charge is 0.231 e. The Morgan fingerprint density at radius 3 is 2.50 bits per heavy atom. The van der Waals surface area contributed by atoms with Gasteiger partial charge in [-0.3, -0.25) is 0 Å². The fourth-order valence-electron chi connectivity index (χ4n) is 5.19. The van der Waals surface area contributed by atoms with Crippen molar-refractivity contribution in [3.05, 3.63) is 77.0 Å². The van der Waals surface area contributed by atoms with Crippen LogP contribution in [-0.4, -0.2) is 21.0 Å². The standard InChI is InChI=1S/C28H26NO4.ClH/c1-17-6-4-5-7-18(17)12-22-20-8-9-24(30-2)28(31-3)23(20)15-29-11-10-19-13-25-26(33-16-32-25)14-21(19)27(22)29;/h4-9,13-15H,10-12,16H2,1-3H3;1H/q+1;/p-1. The lowest BCUT2D eigenvalue weighted by Crippen LogP contribution is -3.00. The molecule has 0 saturated carbocycles. The highest BCUT2D eigenvalue weighted by atomic mass is 35.5. The first-order valence-corrected chi connectivity index (χ1v) is 11.3. The third-order valence-corrected chi connectivity index (χ3v) is 6.87. The van der Waals surface area contributed by atoms with Crippen LogP contribution in [0.15, 0.2) is 54.7 Å². The van der Waals surface area contributed by atoms with Crippen LogP contribution in [-0.2, 0) is 19.4 Å². The largest absolute Gasteiger partial charge is 1.00 e. The Morgan fingerprint density at radius 2 is 1.74 bits per heavy atom. The number of fused-ring (bicyclic) bond motifs is 5. The lowest BCUT2D eigenvalue weighted by atomic mass is 9.88. The first kappa shape index (κ1) is 22.4. The number of ether oxygens (including phenoxy) is 4. The summed E-state index contributed by atoms with van der Waals surface area (Å²) in [6.45, 7) is 3.34. The molecule has 0 aliphatic carbocycles. The van der Waals surface area contributed by atoms with Gasteiger partial charge in [0.05, 0.1) is 25.2 Å². The van der Waals surface area contributed by atoms with Gasteiger partial charge in [0.1, 0.15) is 0 Å². The predicted octanol–water partition coefficient (Wildman–Crippen LogP) is 2.00. The van der Waals surface area contributed by atoms with Crippen molar-refractivity contribution >= 4 is 10.8 Å². The number of benzene rings is 3. The average Bonchev–Trinajstić information content (AvgIpc) is 3.30. The number of aromatic nitrogens is 1. The fourth-order valence-corrected chi connectivity index (χ4v) is 5.19. The number of halogens is 1. The minimum atomic E-state index is 0. The Labute approximate surface area is 205 Å². The summed E-state index contributed by atoms with van der Waals surface area (Å²) in [5.74, 6) is 3.17. The highest BCUT2D eigenvalue weighted by Gasteiger charge is 2.32. The van der Waals surface area contributed by atoms with Gasteiger partial charge in [-0.05, 0) is 47.9 Å². The normalized spacial score (nSPS) is 13.1. The second kappa shape index (κ2) is 8.73. The van der Waals surface area contributed by atoms with Crippen LogP contribution in [0.2, 0.25) is 0 Å². The number of hydrogen-bond acceptors (Lipinski definition) is 4. The van der Waals surface area contributed by atoms with E-state index in [-0.39, 0.29) is 19.2 Å². The quantitative estimate of drug-likeness (QED) is 0.423. The molecule has 5 nitrogen and oxygen atoms in total. The molecule has 3 heterocycles. The third-order valence-electron chi connectivity index (χ3n) is 6.87. The first-order chi connectivity index (χ1) is 16.2. The molecular weight excluding hydrogens is 450 g/mol. The summed E-state index contributed by atoms with van der Waals surface area (Å²) in [6, 6.07) is 17.1. The summed E-state index contributed by atoms with van der Waals surface area (Å²) in [7, 11) is 3.39. The van der Waals surface area contributed by atoms with Crippen LogP contribution < -0.4 is 35.9 Å². The predicted molar refractivity (Wildman–Crippen MR) is 126 cm³/mol. The van der Waals surface area contributed by atoms with Gasteiger partial charge in [-0.15, -0.1) is 0 Å². The molecule has 0 bridgehead atoms. The van der Waals surface area contributed by atoms with Crippen LogP contribution in [0.5, 0.6) is 23.0 Å². The van der Waals surface area contributed by atoms with Crippen LogP contribution in [0.25, 0.3) is 22.0 Å². The Kier molecular flexibility index (Phi) is 5.74. The van der Waals surface area contributed by atoms with Crippen molar-refractivity contribution in [1.29, 1.82) is 0 Å². The Balaban J connectivity index is 0.00000241. The summed E-state index contributed by atoms with van der Waals surface area (Å²) in [4.78, 5) is 0. The maximum atomic E-state index is 5.82. The number of hydrogen-bond donors (Lipinski definition) is 0. The third kappa shape index (κ3) is 3.43. The monoisotopic (exact) mass is 475 g/mol. The minimum Gasteiger partial charge on any atom is -1.00 e. The van der Waals surface area contributed by atoms with E-state index in [4.69, 9.17) is 18.9 Å². The Bertz CT molecular complexity index is 1420. The van der Waals surface area contributed by atoms with Gasteiger partial charge in [-0.1, -0.05) is 24.3 Å². The van der Waals surface area contributed by atoms with Gasteiger partial charge in [0.25, 0.3) is 0 Å². The summed E-state index contributed by atoms with van der Waals surface area (Å²) in [5.41, 5.74) is 7.63. The zero-order valence-corrected chi connectivity index (χ0v) is 20.2. The molecule has 3 aromatic carbocycles. The molecule has 0 spiro atoms. The topological polar surface area (TPSA) is 40.8 Å². The maximum absolute atomic E-state index is 5.82. The maximum Gasteiger partial charge on any atom is 0.231 e. The van der Waals surface area contributed by atoms with Gasteiger partial charge in [-0.25, -0.2) is 0 Å². The van der Waals surface area contributed by atoms with E-state index >= 15 is 0 Å². The lowest BCUT2D eigenvalue weighted by molar-refractivity contribution is -0.686. The molecule has 6 rings (SSSR count). The molecular formula is C28H26ClNO4. The number of aryl methyl sites for hydroxylation is 3. The van der Waals surface area contributed by atoms with E-state index in [1.807, 2.05) is 6.07 Å². The zero-order chi connectivity index (χ0) is 22.5. The molecule has 2 aliphatic heterocycles. The van der Waals surface area contributed by atoms with Crippen LogP contribution >= 0.6 is 0 Å². The van der Waals surface area contributed by atoms with Crippen LogP contribution in [0, 0.1) is 6.92 Å². The van der Waals surface area contributed by atoms with E-state index in [2.05, 4.69) is 60.2 Å². The average molecular weight is 476 g/mol. The zero-order valence-electron chi connectivity index (χ0n) is 19.5. The molecule has 4 aromatic rings. The molecule has 6 heteroatoms. The molecule has 0 N–H and O–H groups in total. The molecule has 0 atom stereocenters. The van der Waals surface area contributed by atoms with Gasteiger partial charge in [0, 0.05) is 23.8 Å². The van der Waals surface area contributed by atoms with E-state index < -0.39 is 0 Å². The molecule has 0 unspecified atom stereocenters. The van der Waals surface area contributed by atoms with Crippen molar-refractivity contribution in [2.75, 3.05) is 21.0 Å². The van der Waals surface area contributed by atoms with Gasteiger partial charge >= 0.3 is 0 Å². The first-order valence-electron chi connectivity index (χ1n) is 11.3. The van der Waals surface area contributed by atoms with Crippen molar-refractivity contribution in [3.8, 4) is 34.3 Å². The minimum absolute atomic E-state index is 0. The highest BCUT2D eigenvalue weighted by Crippen LogP contribution is 2.44. The van der Waals surface area contributed by atoms with E-state index in [9.17, 15) is 0 Å². The second-order valence-corrected chi connectivity index (χ2v) is 8.63. The van der Waals surface area contributed by atoms with Gasteiger partial charge in [-0.2, -0.15) is 4.57 Å². The van der Waals surface area contributed by atoms with E-state index in [1.165, 1.54) is 38.9 Å². The van der Waals surface area contributed by atoms with E-state index in [0.29, 0.717) is 0 Å². The van der Waals surface area contributed by atoms with Gasteiger partial charge < -0.3 is 31.4 Å². The van der Waals surface area contributed by atoms with Gasteiger partial charge in [0.15, 0.2) is 35.7 Å². The van der Waals surface area contributed by atoms with Crippen molar-refractivity contribution in [2.45, 2.75) is 26.3 Å². The van der Waals surface area contributed by atoms with Crippen LogP contribution in [0.3, 0.4) is 0 Å². The van der Waals surface area contributed by atoms with E-state index in [1.54, 1.807) is 14.2 Å². The van der Waals surface area contributed by atoms with Crippen molar-refractivity contribution in [2.24, 2.45) is 0 Å². The summed E-state index contributed by atoms with van der Waals surface area (Å²) in [5, 5.41) is 2.24. The number of rotatable bonds is 4. The molecule has 1 aromatic heterocycles. The highest BCUT2D eigenvalue weighted by molar-refractivity contribution is 5.95. The summed E-state index contributed by atoms with van der Waals surface area (Å²) < 4.78 is 25.2. The van der Waals surface area contributed by atoms with E-state index in [0.717, 1.165) is 47.8 Å². The van der Waals surface area contributed by atoms with Crippen molar-refractivity contribution < 1.29 is 35.9 Å². The molecule has 0 fully saturated rings. The Hall–Kier alpha value is -3.44. The van der Waals surface area contributed by atoms with Crippen molar-refractivity contribution in [3.63, 3.8) is 0 Å². The molecule has 0 saturated heterocycles. The fraction of sp³-hybridized carbons (Fsp3) is 0.250. The molecule has 0 amide bonds. The lowest BCUT2D eigenvalue weighted by Gasteiger charge is -2.21. The van der Waals surface area contributed by atoms with Gasteiger partial charge in [0.2, 0.25) is 12.5 Å².